The summed E-state index contributed by atoms with van der Waals surface area (Å²) in [6, 6.07) is 6.92. The lowest BCUT2D eigenvalue weighted by Gasteiger charge is -2.34. The quantitative estimate of drug-likeness (QED) is 0.835. The maximum absolute atomic E-state index is 12.1. The van der Waals surface area contributed by atoms with Gasteiger partial charge in [-0.1, -0.05) is 31.2 Å². The minimum Gasteiger partial charge on any atom is -0.480 e. The molecule has 0 aromatic heterocycles. The lowest BCUT2D eigenvalue weighted by atomic mass is 9.94. The number of rotatable bonds is 4. The van der Waals surface area contributed by atoms with Crippen molar-refractivity contribution in [2.75, 3.05) is 13.1 Å². The molecule has 19 heavy (non-hydrogen) atoms. The smallest absolute Gasteiger partial charge is 0.326 e. The van der Waals surface area contributed by atoms with Crippen molar-refractivity contribution in [3.8, 4) is 0 Å². The molecule has 1 aliphatic heterocycles. The van der Waals surface area contributed by atoms with Crippen LogP contribution in [0.5, 0.6) is 0 Å². The number of benzene rings is 1. The minimum atomic E-state index is -0.945. The number of carbonyl (C=O) groups is 2. The molecular weight excluding hydrogens is 244 g/mol. The van der Waals surface area contributed by atoms with Crippen molar-refractivity contribution >= 4 is 11.9 Å². The van der Waals surface area contributed by atoms with Crippen molar-refractivity contribution in [2.45, 2.75) is 25.9 Å². The first-order chi connectivity index (χ1) is 9.13. The van der Waals surface area contributed by atoms with Crippen molar-refractivity contribution in [3.63, 3.8) is 0 Å². The number of likely N-dealkylation sites (N-methyl/N-ethyl adjacent to an activating group) is 1. The number of hydrogen-bond acceptors (Lipinski definition) is 3. The fraction of sp³-hybridized carbons (Fsp3) is 0.429. The Bertz CT molecular complexity index is 487. The number of amides is 1. The van der Waals surface area contributed by atoms with Gasteiger partial charge in [-0.25, -0.2) is 4.79 Å². The summed E-state index contributed by atoms with van der Waals surface area (Å²) in [6.07, 6.45) is 0.378. The van der Waals surface area contributed by atoms with Gasteiger partial charge in [0.15, 0.2) is 0 Å². The topological polar surface area (TPSA) is 69.6 Å². The van der Waals surface area contributed by atoms with Gasteiger partial charge >= 0.3 is 5.97 Å². The van der Waals surface area contributed by atoms with E-state index in [1.54, 1.807) is 0 Å². The molecule has 0 aliphatic carbocycles. The first-order valence-corrected chi connectivity index (χ1v) is 6.43. The minimum absolute atomic E-state index is 0.163. The predicted molar refractivity (Wildman–Crippen MR) is 70.7 cm³/mol. The van der Waals surface area contributed by atoms with Gasteiger partial charge in [0.25, 0.3) is 0 Å². The highest BCUT2D eigenvalue weighted by molar-refractivity contribution is 5.85. The van der Waals surface area contributed by atoms with Crippen molar-refractivity contribution in [1.82, 2.24) is 10.2 Å². The number of nitrogens with one attached hydrogen (secondary N) is 1. The van der Waals surface area contributed by atoms with Crippen molar-refractivity contribution in [3.05, 3.63) is 35.4 Å². The highest BCUT2D eigenvalue weighted by Gasteiger charge is 2.33. The second kappa shape index (κ2) is 5.84. The van der Waals surface area contributed by atoms with E-state index in [1.807, 2.05) is 31.2 Å². The number of fused-ring (bicyclic) bond motifs is 1. The van der Waals surface area contributed by atoms with Crippen LogP contribution in [-0.4, -0.2) is 41.0 Å². The van der Waals surface area contributed by atoms with Gasteiger partial charge < -0.3 is 15.3 Å². The number of hydrogen-bond donors (Lipinski definition) is 2. The van der Waals surface area contributed by atoms with Gasteiger partial charge in [-0.15, -0.1) is 0 Å². The molecule has 1 aromatic rings. The van der Waals surface area contributed by atoms with Gasteiger partial charge in [-0.05, 0) is 17.7 Å². The number of carboxylic acids is 1. The molecule has 0 radical (unpaired) electrons. The normalized spacial score (nSPS) is 17.9. The van der Waals surface area contributed by atoms with Crippen LogP contribution in [0.4, 0.5) is 0 Å². The van der Waals surface area contributed by atoms with Gasteiger partial charge in [0.2, 0.25) is 5.91 Å². The Morgan fingerprint density at radius 3 is 2.68 bits per heavy atom. The molecule has 2 N–H and O–H groups in total. The standard InChI is InChI=1S/C14H18N2O3/c1-2-15-8-13(17)16-9-11-6-4-3-5-10(11)7-12(16)14(18)19/h3-6,12,15H,2,7-9H2,1H3,(H,18,19)/t12-/m0/s1. The van der Waals surface area contributed by atoms with Crippen LogP contribution in [0.3, 0.4) is 0 Å². The molecule has 0 bridgehead atoms. The number of carbonyl (C=O) groups excluding carboxylic acids is 1. The Kier molecular flexibility index (Phi) is 4.16. The zero-order valence-corrected chi connectivity index (χ0v) is 10.9. The largest absolute Gasteiger partial charge is 0.480 e. The monoisotopic (exact) mass is 262 g/mol. The van der Waals surface area contributed by atoms with Crippen molar-refractivity contribution in [2.24, 2.45) is 0 Å². The summed E-state index contributed by atoms with van der Waals surface area (Å²) in [5.74, 6) is -1.11. The highest BCUT2D eigenvalue weighted by Crippen LogP contribution is 2.23. The molecule has 2 rings (SSSR count). The molecule has 1 atom stereocenters. The van der Waals surface area contributed by atoms with Crippen LogP contribution >= 0.6 is 0 Å². The average molecular weight is 262 g/mol. The molecule has 0 saturated carbocycles. The van der Waals surface area contributed by atoms with Crippen LogP contribution in [0.2, 0.25) is 0 Å². The molecule has 0 spiro atoms. The molecule has 1 aliphatic rings. The summed E-state index contributed by atoms with van der Waals surface area (Å²) < 4.78 is 0. The van der Waals surface area contributed by atoms with Gasteiger partial charge in [-0.3, -0.25) is 4.79 Å². The zero-order chi connectivity index (χ0) is 13.8. The van der Waals surface area contributed by atoms with E-state index in [1.165, 1.54) is 4.90 Å². The Labute approximate surface area is 112 Å². The SMILES string of the molecule is CCNCC(=O)N1Cc2ccccc2C[C@H]1C(=O)O. The van der Waals surface area contributed by atoms with Crippen LogP contribution in [-0.2, 0) is 22.6 Å². The third kappa shape index (κ3) is 2.93. The molecule has 5 heteroatoms. The molecule has 1 amide bonds. The van der Waals surface area contributed by atoms with Crippen LogP contribution in [0.15, 0.2) is 24.3 Å². The Morgan fingerprint density at radius 2 is 2.05 bits per heavy atom. The molecular formula is C14H18N2O3. The van der Waals surface area contributed by atoms with E-state index in [0.717, 1.165) is 11.1 Å². The van der Waals surface area contributed by atoms with E-state index in [0.29, 0.717) is 19.5 Å². The number of nitrogens with zero attached hydrogens (tertiary/aromatic N) is 1. The Morgan fingerprint density at radius 1 is 1.37 bits per heavy atom. The third-order valence-corrected chi connectivity index (χ3v) is 3.38. The van der Waals surface area contributed by atoms with E-state index in [-0.39, 0.29) is 12.5 Å². The summed E-state index contributed by atoms with van der Waals surface area (Å²) in [4.78, 5) is 24.9. The molecule has 1 aromatic carbocycles. The van der Waals surface area contributed by atoms with E-state index >= 15 is 0 Å². The van der Waals surface area contributed by atoms with Crippen LogP contribution in [0, 0.1) is 0 Å². The first kappa shape index (κ1) is 13.5. The average Bonchev–Trinajstić information content (AvgIpc) is 2.43. The summed E-state index contributed by atoms with van der Waals surface area (Å²) in [7, 11) is 0. The van der Waals surface area contributed by atoms with E-state index in [2.05, 4.69) is 5.32 Å². The zero-order valence-electron chi connectivity index (χ0n) is 10.9. The van der Waals surface area contributed by atoms with Crippen LogP contribution < -0.4 is 5.32 Å². The molecule has 0 unspecified atom stereocenters. The second-order valence-electron chi connectivity index (χ2n) is 4.63. The second-order valence-corrected chi connectivity index (χ2v) is 4.63. The van der Waals surface area contributed by atoms with E-state index in [9.17, 15) is 14.7 Å². The van der Waals surface area contributed by atoms with E-state index in [4.69, 9.17) is 0 Å². The van der Waals surface area contributed by atoms with Gasteiger partial charge in [0.05, 0.1) is 6.54 Å². The molecule has 102 valence electrons. The highest BCUT2D eigenvalue weighted by atomic mass is 16.4. The summed E-state index contributed by atoms with van der Waals surface area (Å²) in [5, 5.41) is 12.2. The molecule has 0 saturated heterocycles. The van der Waals surface area contributed by atoms with Gasteiger partial charge in [0, 0.05) is 13.0 Å². The van der Waals surface area contributed by atoms with Crippen LogP contribution in [0.25, 0.3) is 0 Å². The lowest BCUT2D eigenvalue weighted by molar-refractivity contribution is -0.151. The van der Waals surface area contributed by atoms with Crippen LogP contribution in [0.1, 0.15) is 18.1 Å². The van der Waals surface area contributed by atoms with Gasteiger partial charge in [0.1, 0.15) is 6.04 Å². The molecule has 1 heterocycles. The first-order valence-electron chi connectivity index (χ1n) is 6.43. The molecule has 5 nitrogen and oxygen atoms in total. The maximum atomic E-state index is 12.1. The van der Waals surface area contributed by atoms with Crippen molar-refractivity contribution < 1.29 is 14.7 Å². The predicted octanol–water partition coefficient (Wildman–Crippen LogP) is 0.634. The summed E-state index contributed by atoms with van der Waals surface area (Å²) >= 11 is 0. The Balaban J connectivity index is 2.21. The molecule has 0 fully saturated rings. The fourth-order valence-electron chi connectivity index (χ4n) is 2.34. The summed E-state index contributed by atoms with van der Waals surface area (Å²) in [5.41, 5.74) is 2.05. The van der Waals surface area contributed by atoms with E-state index < -0.39 is 12.0 Å². The lowest BCUT2D eigenvalue weighted by Crippen LogP contribution is -2.51. The third-order valence-electron chi connectivity index (χ3n) is 3.38. The Hall–Kier alpha value is -1.88. The van der Waals surface area contributed by atoms with Gasteiger partial charge in [-0.2, -0.15) is 0 Å². The van der Waals surface area contributed by atoms with Crippen molar-refractivity contribution in [1.29, 1.82) is 0 Å². The number of aliphatic carboxylic acids is 1. The number of carboxylic acid groups (broad SMARTS) is 1. The maximum Gasteiger partial charge on any atom is 0.326 e. The summed E-state index contributed by atoms with van der Waals surface area (Å²) in [6.45, 7) is 3.15. The fourth-order valence-corrected chi connectivity index (χ4v) is 2.34.